The van der Waals surface area contributed by atoms with Gasteiger partial charge in [-0.1, -0.05) is 19.1 Å². The Hall–Kier alpha value is -1.06. The minimum atomic E-state index is 0.368. The van der Waals surface area contributed by atoms with Crippen molar-refractivity contribution in [1.29, 1.82) is 0 Å². The van der Waals surface area contributed by atoms with Gasteiger partial charge >= 0.3 is 0 Å². The van der Waals surface area contributed by atoms with Crippen LogP contribution in [-0.2, 0) is 0 Å². The van der Waals surface area contributed by atoms with Crippen LogP contribution in [0.25, 0.3) is 0 Å². The van der Waals surface area contributed by atoms with Gasteiger partial charge in [-0.25, -0.2) is 0 Å². The molecular formula is C14H22N2O. The highest BCUT2D eigenvalue weighted by molar-refractivity contribution is 5.29. The summed E-state index contributed by atoms with van der Waals surface area (Å²) in [7, 11) is 2.11. The lowest BCUT2D eigenvalue weighted by molar-refractivity contribution is 0.0388. The molecule has 2 N–H and O–H groups in total. The summed E-state index contributed by atoms with van der Waals surface area (Å²) in [5, 5.41) is 0. The molecule has 3 heteroatoms. The third-order valence-corrected chi connectivity index (χ3v) is 3.38. The summed E-state index contributed by atoms with van der Waals surface area (Å²) in [6.07, 6.45) is 1.40. The van der Waals surface area contributed by atoms with Gasteiger partial charge in [-0.3, -0.25) is 4.90 Å². The van der Waals surface area contributed by atoms with Crippen molar-refractivity contribution in [3.05, 3.63) is 29.8 Å². The van der Waals surface area contributed by atoms with Crippen molar-refractivity contribution in [1.82, 2.24) is 4.90 Å². The normalized spacial score (nSPS) is 18.8. The summed E-state index contributed by atoms with van der Waals surface area (Å²) in [6.45, 7) is 5.02. The van der Waals surface area contributed by atoms with Crippen molar-refractivity contribution in [2.24, 2.45) is 5.73 Å². The van der Waals surface area contributed by atoms with E-state index in [0.29, 0.717) is 12.0 Å². The molecule has 0 aromatic heterocycles. The smallest absolute Gasteiger partial charge is 0.124 e. The number of rotatable bonds is 5. The summed E-state index contributed by atoms with van der Waals surface area (Å²) >= 11 is 0. The Kier molecular flexibility index (Phi) is 4.02. The Bertz CT molecular complexity index is 344. The number of nitrogens with zero attached hydrogens (tertiary/aromatic N) is 1. The average molecular weight is 234 g/mol. The van der Waals surface area contributed by atoms with Crippen LogP contribution in [-0.4, -0.2) is 37.7 Å². The summed E-state index contributed by atoms with van der Waals surface area (Å²) in [6, 6.07) is 8.44. The fourth-order valence-corrected chi connectivity index (χ4v) is 2.20. The van der Waals surface area contributed by atoms with Gasteiger partial charge in [0.1, 0.15) is 11.9 Å². The molecule has 1 atom stereocenters. The minimum Gasteiger partial charge on any atom is -0.488 e. The molecule has 1 heterocycles. The van der Waals surface area contributed by atoms with Gasteiger partial charge in [-0.05, 0) is 43.6 Å². The lowest BCUT2D eigenvalue weighted by Gasteiger charge is -2.36. The number of benzene rings is 1. The van der Waals surface area contributed by atoms with Crippen molar-refractivity contribution in [3.8, 4) is 5.75 Å². The first-order chi connectivity index (χ1) is 8.19. The molecule has 1 aliphatic heterocycles. The van der Waals surface area contributed by atoms with Crippen LogP contribution in [0.15, 0.2) is 24.3 Å². The van der Waals surface area contributed by atoms with Crippen LogP contribution in [0.3, 0.4) is 0 Å². The van der Waals surface area contributed by atoms with Crippen LogP contribution in [0.1, 0.15) is 24.8 Å². The van der Waals surface area contributed by atoms with Crippen LogP contribution >= 0.6 is 0 Å². The third-order valence-electron chi connectivity index (χ3n) is 3.38. The SMILES string of the molecule is CC(CCN)c1ccc(OC2CN(C)C2)cc1. The van der Waals surface area contributed by atoms with Crippen molar-refractivity contribution in [3.63, 3.8) is 0 Å². The summed E-state index contributed by atoms with van der Waals surface area (Å²) < 4.78 is 5.85. The van der Waals surface area contributed by atoms with Gasteiger partial charge < -0.3 is 10.5 Å². The molecule has 0 bridgehead atoms. The average Bonchev–Trinajstić information content (AvgIpc) is 2.28. The molecule has 0 saturated carbocycles. The Balaban J connectivity index is 1.89. The Morgan fingerprint density at radius 3 is 2.53 bits per heavy atom. The van der Waals surface area contributed by atoms with E-state index in [2.05, 4.69) is 43.1 Å². The molecule has 0 amide bonds. The molecule has 94 valence electrons. The summed E-state index contributed by atoms with van der Waals surface area (Å²) in [5.74, 6) is 1.51. The van der Waals surface area contributed by atoms with Gasteiger partial charge in [0.2, 0.25) is 0 Å². The molecule has 1 saturated heterocycles. The molecule has 0 spiro atoms. The first-order valence-electron chi connectivity index (χ1n) is 6.34. The van der Waals surface area contributed by atoms with E-state index in [1.807, 2.05) is 0 Å². The van der Waals surface area contributed by atoms with Crippen molar-refractivity contribution in [2.45, 2.75) is 25.4 Å². The maximum atomic E-state index is 5.85. The molecule has 3 nitrogen and oxygen atoms in total. The molecular weight excluding hydrogens is 212 g/mol. The van der Waals surface area contributed by atoms with Crippen LogP contribution < -0.4 is 10.5 Å². The van der Waals surface area contributed by atoms with Crippen molar-refractivity contribution < 1.29 is 4.74 Å². The maximum Gasteiger partial charge on any atom is 0.124 e. The van der Waals surface area contributed by atoms with Gasteiger partial charge in [-0.2, -0.15) is 0 Å². The van der Waals surface area contributed by atoms with Crippen molar-refractivity contribution >= 4 is 0 Å². The molecule has 1 aromatic rings. The van der Waals surface area contributed by atoms with Gasteiger partial charge in [0, 0.05) is 13.1 Å². The minimum absolute atomic E-state index is 0.368. The van der Waals surface area contributed by atoms with Gasteiger partial charge in [0.05, 0.1) is 0 Å². The maximum absolute atomic E-state index is 5.85. The van der Waals surface area contributed by atoms with Gasteiger partial charge in [0.15, 0.2) is 0 Å². The number of hydrogen-bond acceptors (Lipinski definition) is 3. The zero-order valence-corrected chi connectivity index (χ0v) is 10.7. The summed E-state index contributed by atoms with van der Waals surface area (Å²) in [5.41, 5.74) is 6.91. The van der Waals surface area contributed by atoms with Crippen LogP contribution in [0, 0.1) is 0 Å². The van der Waals surface area contributed by atoms with E-state index in [-0.39, 0.29) is 0 Å². The van der Waals surface area contributed by atoms with Crippen molar-refractivity contribution in [2.75, 3.05) is 26.7 Å². The number of likely N-dealkylation sites (tertiary alicyclic amines) is 1. The Morgan fingerprint density at radius 2 is 2.00 bits per heavy atom. The zero-order chi connectivity index (χ0) is 12.3. The van der Waals surface area contributed by atoms with E-state index in [0.717, 1.165) is 31.8 Å². The van der Waals surface area contributed by atoms with E-state index < -0.39 is 0 Å². The zero-order valence-electron chi connectivity index (χ0n) is 10.7. The molecule has 1 fully saturated rings. The van der Waals surface area contributed by atoms with Gasteiger partial charge in [-0.15, -0.1) is 0 Å². The number of ether oxygens (including phenoxy) is 1. The standard InChI is InChI=1S/C14H22N2O/c1-11(7-8-15)12-3-5-13(6-4-12)17-14-9-16(2)10-14/h3-6,11,14H,7-10,15H2,1-2H3. The molecule has 0 radical (unpaired) electrons. The van der Waals surface area contributed by atoms with E-state index >= 15 is 0 Å². The second kappa shape index (κ2) is 5.52. The van der Waals surface area contributed by atoms with E-state index in [4.69, 9.17) is 10.5 Å². The third kappa shape index (κ3) is 3.20. The molecule has 0 aliphatic carbocycles. The first kappa shape index (κ1) is 12.4. The highest BCUT2D eigenvalue weighted by Crippen LogP contribution is 2.23. The largest absolute Gasteiger partial charge is 0.488 e. The van der Waals surface area contributed by atoms with Crippen LogP contribution in [0.5, 0.6) is 5.75 Å². The molecule has 1 aliphatic rings. The predicted molar refractivity (Wildman–Crippen MR) is 70.4 cm³/mol. The molecule has 17 heavy (non-hydrogen) atoms. The van der Waals surface area contributed by atoms with Crippen LogP contribution in [0.4, 0.5) is 0 Å². The molecule has 1 unspecified atom stereocenters. The molecule has 1 aromatic carbocycles. The lowest BCUT2D eigenvalue weighted by atomic mass is 9.98. The molecule has 2 rings (SSSR count). The first-order valence-corrected chi connectivity index (χ1v) is 6.34. The fourth-order valence-electron chi connectivity index (χ4n) is 2.20. The predicted octanol–water partition coefficient (Wildman–Crippen LogP) is 1.83. The topological polar surface area (TPSA) is 38.5 Å². The Morgan fingerprint density at radius 1 is 1.35 bits per heavy atom. The second-order valence-electron chi connectivity index (χ2n) is 5.01. The van der Waals surface area contributed by atoms with E-state index in [1.54, 1.807) is 0 Å². The second-order valence-corrected chi connectivity index (χ2v) is 5.01. The highest BCUT2D eigenvalue weighted by Gasteiger charge is 2.24. The lowest BCUT2D eigenvalue weighted by Crippen LogP contribution is -2.51. The van der Waals surface area contributed by atoms with E-state index in [1.165, 1.54) is 5.56 Å². The number of nitrogens with two attached hydrogens (primary N) is 1. The number of likely N-dealkylation sites (N-methyl/N-ethyl adjacent to an activating group) is 1. The highest BCUT2D eigenvalue weighted by atomic mass is 16.5. The number of hydrogen-bond donors (Lipinski definition) is 1. The Labute approximate surface area is 104 Å². The van der Waals surface area contributed by atoms with Gasteiger partial charge in [0.25, 0.3) is 0 Å². The quantitative estimate of drug-likeness (QED) is 0.844. The monoisotopic (exact) mass is 234 g/mol. The fraction of sp³-hybridized carbons (Fsp3) is 0.571. The van der Waals surface area contributed by atoms with Crippen LogP contribution in [0.2, 0.25) is 0 Å². The van der Waals surface area contributed by atoms with E-state index in [9.17, 15) is 0 Å². The summed E-state index contributed by atoms with van der Waals surface area (Å²) in [4.78, 5) is 2.25.